The molecule has 0 saturated carbocycles. The maximum absolute atomic E-state index is 13.1. The van der Waals surface area contributed by atoms with Gasteiger partial charge in [-0.1, -0.05) is 17.7 Å². The molecule has 2 aromatic heterocycles. The standard InChI is InChI=1S/C26H32ClN5O4/c1-16(2)32-18(14-31-6-9-35-10-7-31)12-23(33)19-4-3-17(11-22(19)32)25-20(27)13-28-26(30-25)29-21-5-8-36-15-24(21)34/h3-4,11-13,16,21,24,34H,5-10,14-15H2,1-2H3,(H,28,29,30)/t21-,24-/m1/s1. The van der Waals surface area contributed by atoms with Gasteiger partial charge in [0, 0.05) is 55.0 Å². The number of aliphatic hydroxyl groups is 1. The topological polar surface area (TPSA) is 102 Å². The second kappa shape index (κ2) is 10.8. The number of rotatable bonds is 6. The van der Waals surface area contributed by atoms with Crippen molar-refractivity contribution < 1.29 is 14.6 Å². The third kappa shape index (κ3) is 5.26. The molecule has 4 heterocycles. The summed E-state index contributed by atoms with van der Waals surface area (Å²) in [7, 11) is 0. The molecule has 9 nitrogen and oxygen atoms in total. The van der Waals surface area contributed by atoms with Crippen LogP contribution < -0.4 is 10.7 Å². The van der Waals surface area contributed by atoms with Gasteiger partial charge in [0.1, 0.15) is 0 Å². The Hall–Kier alpha value is -2.56. The van der Waals surface area contributed by atoms with E-state index in [0.717, 1.165) is 29.9 Å². The molecule has 5 rings (SSSR count). The second-order valence-corrected chi connectivity index (χ2v) is 10.1. The van der Waals surface area contributed by atoms with E-state index in [2.05, 4.69) is 38.6 Å². The van der Waals surface area contributed by atoms with E-state index in [9.17, 15) is 9.90 Å². The number of hydrogen-bond acceptors (Lipinski definition) is 8. The molecule has 2 atom stereocenters. The van der Waals surface area contributed by atoms with Gasteiger partial charge in [-0.2, -0.15) is 0 Å². The normalized spacial score (nSPS) is 21.2. The number of fused-ring (bicyclic) bond motifs is 1. The van der Waals surface area contributed by atoms with Crippen molar-refractivity contribution in [2.24, 2.45) is 0 Å². The number of aliphatic hydroxyl groups excluding tert-OH is 1. The molecular formula is C26H32ClN5O4. The number of pyridine rings is 1. The molecule has 2 N–H and O–H groups in total. The predicted molar refractivity (Wildman–Crippen MR) is 140 cm³/mol. The maximum Gasteiger partial charge on any atom is 0.223 e. The number of benzene rings is 1. The Kier molecular flexibility index (Phi) is 7.55. The summed E-state index contributed by atoms with van der Waals surface area (Å²) in [6.45, 7) is 8.89. The van der Waals surface area contributed by atoms with Gasteiger partial charge in [-0.25, -0.2) is 9.97 Å². The van der Waals surface area contributed by atoms with E-state index < -0.39 is 6.10 Å². The van der Waals surface area contributed by atoms with Crippen LogP contribution in [0.4, 0.5) is 5.95 Å². The summed E-state index contributed by atoms with van der Waals surface area (Å²) in [5.74, 6) is 0.391. The Morgan fingerprint density at radius 1 is 1.19 bits per heavy atom. The smallest absolute Gasteiger partial charge is 0.223 e. The zero-order chi connectivity index (χ0) is 25.2. The van der Waals surface area contributed by atoms with E-state index in [1.807, 2.05) is 18.2 Å². The highest BCUT2D eigenvalue weighted by molar-refractivity contribution is 6.33. The fraction of sp³-hybridized carbons (Fsp3) is 0.500. The fourth-order valence-corrected chi connectivity index (χ4v) is 5.16. The molecular weight excluding hydrogens is 482 g/mol. The molecule has 2 saturated heterocycles. The lowest BCUT2D eigenvalue weighted by Crippen LogP contribution is -2.42. The minimum absolute atomic E-state index is 0.00125. The van der Waals surface area contributed by atoms with Crippen molar-refractivity contribution >= 4 is 28.5 Å². The molecule has 0 spiro atoms. The SMILES string of the molecule is CC(C)n1c(CN2CCOCC2)cc(=O)c2ccc(-c3nc(N[C@@H]4CCOC[C@H]4O)ncc3Cl)cc21. The number of halogens is 1. The molecule has 0 amide bonds. The number of ether oxygens (including phenoxy) is 2. The molecule has 0 radical (unpaired) electrons. The van der Waals surface area contributed by atoms with Gasteiger partial charge in [-0.05, 0) is 32.4 Å². The lowest BCUT2D eigenvalue weighted by molar-refractivity contribution is -0.0136. The highest BCUT2D eigenvalue weighted by Crippen LogP contribution is 2.30. The number of morpholine rings is 1. The van der Waals surface area contributed by atoms with Gasteiger partial charge in [0.05, 0.1) is 54.4 Å². The van der Waals surface area contributed by atoms with Gasteiger partial charge >= 0.3 is 0 Å². The number of hydrogen-bond donors (Lipinski definition) is 2. The number of nitrogens with one attached hydrogen (secondary N) is 1. The average Bonchev–Trinajstić information content (AvgIpc) is 2.87. The van der Waals surface area contributed by atoms with Gasteiger partial charge in [-0.3, -0.25) is 9.69 Å². The highest BCUT2D eigenvalue weighted by atomic mass is 35.5. The van der Waals surface area contributed by atoms with E-state index >= 15 is 0 Å². The number of anilines is 1. The lowest BCUT2D eigenvalue weighted by Gasteiger charge is -2.29. The summed E-state index contributed by atoms with van der Waals surface area (Å²) >= 11 is 6.54. The zero-order valence-corrected chi connectivity index (χ0v) is 21.4. The minimum Gasteiger partial charge on any atom is -0.389 e. The first-order valence-corrected chi connectivity index (χ1v) is 12.8. The molecule has 2 aliphatic rings. The van der Waals surface area contributed by atoms with Crippen molar-refractivity contribution in [3.05, 3.63) is 51.4 Å². The van der Waals surface area contributed by atoms with Crippen LogP contribution in [0.15, 0.2) is 35.3 Å². The Bertz CT molecular complexity index is 1290. The molecule has 0 aliphatic carbocycles. The van der Waals surface area contributed by atoms with E-state index in [-0.39, 0.29) is 24.1 Å². The Morgan fingerprint density at radius 2 is 2.00 bits per heavy atom. The Balaban J connectivity index is 1.54. The molecule has 2 fully saturated rings. The summed E-state index contributed by atoms with van der Waals surface area (Å²) in [6.07, 6.45) is 1.59. The third-order valence-corrected chi connectivity index (χ3v) is 7.07. The number of aromatic nitrogens is 3. The summed E-state index contributed by atoms with van der Waals surface area (Å²) < 4.78 is 13.0. The van der Waals surface area contributed by atoms with Crippen LogP contribution in [0.5, 0.6) is 0 Å². The highest BCUT2D eigenvalue weighted by Gasteiger charge is 2.25. The van der Waals surface area contributed by atoms with Crippen molar-refractivity contribution in [2.75, 3.05) is 44.8 Å². The van der Waals surface area contributed by atoms with Crippen LogP contribution in [0.3, 0.4) is 0 Å². The van der Waals surface area contributed by atoms with Crippen LogP contribution in [0, 0.1) is 0 Å². The molecule has 2 aliphatic heterocycles. The van der Waals surface area contributed by atoms with E-state index in [1.165, 1.54) is 0 Å². The summed E-state index contributed by atoms with van der Waals surface area (Å²) in [4.78, 5) is 24.4. The molecule has 1 aromatic carbocycles. The van der Waals surface area contributed by atoms with Gasteiger partial charge in [0.2, 0.25) is 5.95 Å². The van der Waals surface area contributed by atoms with Gasteiger partial charge in [0.25, 0.3) is 0 Å². The summed E-state index contributed by atoms with van der Waals surface area (Å²) in [6, 6.07) is 7.41. The van der Waals surface area contributed by atoms with Crippen LogP contribution in [0.1, 0.15) is 32.0 Å². The Morgan fingerprint density at radius 3 is 2.75 bits per heavy atom. The summed E-state index contributed by atoms with van der Waals surface area (Å²) in [5.41, 5.74) is 3.19. The second-order valence-electron chi connectivity index (χ2n) is 9.66. The van der Waals surface area contributed by atoms with Gasteiger partial charge < -0.3 is 24.5 Å². The van der Waals surface area contributed by atoms with Crippen LogP contribution in [0.25, 0.3) is 22.2 Å². The van der Waals surface area contributed by atoms with Crippen molar-refractivity contribution in [1.29, 1.82) is 0 Å². The van der Waals surface area contributed by atoms with E-state index in [4.69, 9.17) is 21.1 Å². The predicted octanol–water partition coefficient (Wildman–Crippen LogP) is 3.09. The van der Waals surface area contributed by atoms with Crippen molar-refractivity contribution in [3.8, 4) is 11.3 Å². The minimum atomic E-state index is -0.632. The zero-order valence-electron chi connectivity index (χ0n) is 20.6. The lowest BCUT2D eigenvalue weighted by atomic mass is 10.1. The monoisotopic (exact) mass is 513 g/mol. The first-order chi connectivity index (χ1) is 17.4. The molecule has 0 bridgehead atoms. The van der Waals surface area contributed by atoms with Gasteiger partial charge in [0.15, 0.2) is 5.43 Å². The fourth-order valence-electron chi connectivity index (χ4n) is 4.96. The van der Waals surface area contributed by atoms with Crippen molar-refractivity contribution in [1.82, 2.24) is 19.4 Å². The molecule has 36 heavy (non-hydrogen) atoms. The third-order valence-electron chi connectivity index (χ3n) is 6.79. The number of nitrogens with zero attached hydrogens (tertiary/aromatic N) is 4. The molecule has 3 aromatic rings. The quantitative estimate of drug-likeness (QED) is 0.518. The van der Waals surface area contributed by atoms with Crippen molar-refractivity contribution in [3.63, 3.8) is 0 Å². The van der Waals surface area contributed by atoms with Crippen LogP contribution in [0.2, 0.25) is 5.02 Å². The largest absolute Gasteiger partial charge is 0.389 e. The van der Waals surface area contributed by atoms with Crippen LogP contribution >= 0.6 is 11.6 Å². The van der Waals surface area contributed by atoms with E-state index in [0.29, 0.717) is 54.8 Å². The molecule has 10 heteroatoms. The Labute approximate surface area is 215 Å². The van der Waals surface area contributed by atoms with E-state index in [1.54, 1.807) is 12.3 Å². The summed E-state index contributed by atoms with van der Waals surface area (Å²) in [5, 5.41) is 14.5. The molecule has 0 unspecified atom stereocenters. The molecule has 192 valence electrons. The maximum atomic E-state index is 13.1. The van der Waals surface area contributed by atoms with Gasteiger partial charge in [-0.15, -0.1) is 0 Å². The first-order valence-electron chi connectivity index (χ1n) is 12.4. The average molecular weight is 514 g/mol. The first kappa shape index (κ1) is 25.1. The van der Waals surface area contributed by atoms with Crippen molar-refractivity contribution in [2.45, 2.75) is 45.0 Å². The van der Waals surface area contributed by atoms with Crippen LogP contribution in [-0.2, 0) is 16.0 Å². The van der Waals surface area contributed by atoms with Crippen LogP contribution in [-0.4, -0.2) is 76.2 Å².